The van der Waals surface area contributed by atoms with Gasteiger partial charge in [-0.25, -0.2) is 4.57 Å². The molecule has 0 aromatic heterocycles. The molecule has 4 nitrogen and oxygen atoms in total. The summed E-state index contributed by atoms with van der Waals surface area (Å²) < 4.78 is 15.3. The number of hydrogen-bond donors (Lipinski definition) is 2. The van der Waals surface area contributed by atoms with Crippen molar-refractivity contribution < 1.29 is 18.9 Å². The van der Waals surface area contributed by atoms with Crippen molar-refractivity contribution >= 4 is 7.82 Å². The summed E-state index contributed by atoms with van der Waals surface area (Å²) >= 11 is 0. The number of phosphoric ester groups is 1. The van der Waals surface area contributed by atoms with Crippen LogP contribution in [0.5, 0.6) is 5.75 Å². The first-order valence-corrected chi connectivity index (χ1v) is 7.86. The van der Waals surface area contributed by atoms with Gasteiger partial charge in [0, 0.05) is 0 Å². The summed E-state index contributed by atoms with van der Waals surface area (Å²) in [5, 5.41) is 0. The third kappa shape index (κ3) is 4.49. The Kier molecular flexibility index (Phi) is 4.61. The highest BCUT2D eigenvalue weighted by atomic mass is 31.2. The third-order valence-electron chi connectivity index (χ3n) is 3.06. The van der Waals surface area contributed by atoms with Gasteiger partial charge in [-0.15, -0.1) is 0 Å². The maximum atomic E-state index is 10.7. The highest BCUT2D eigenvalue weighted by molar-refractivity contribution is 7.46. The van der Waals surface area contributed by atoms with Crippen LogP contribution in [0, 0.1) is 0 Å². The molecule has 0 bridgehead atoms. The van der Waals surface area contributed by atoms with E-state index in [1.165, 1.54) is 5.56 Å². The van der Waals surface area contributed by atoms with Crippen LogP contribution in [-0.2, 0) is 11.0 Å². The molecule has 0 saturated carbocycles. The van der Waals surface area contributed by atoms with Crippen LogP contribution in [0.3, 0.4) is 0 Å². The van der Waals surface area contributed by atoms with Gasteiger partial charge in [0.05, 0.1) is 0 Å². The van der Waals surface area contributed by atoms with Crippen molar-refractivity contribution in [3.63, 3.8) is 0 Å². The van der Waals surface area contributed by atoms with Gasteiger partial charge < -0.3 is 4.52 Å². The molecule has 0 aliphatic carbocycles. The van der Waals surface area contributed by atoms with E-state index < -0.39 is 7.82 Å². The molecule has 0 spiro atoms. The Morgan fingerprint density at radius 1 is 1.05 bits per heavy atom. The minimum absolute atomic E-state index is 0.175. The van der Waals surface area contributed by atoms with Gasteiger partial charge in [0.15, 0.2) is 0 Å². The molecule has 0 aliphatic rings. The minimum Gasteiger partial charge on any atom is -0.404 e. The van der Waals surface area contributed by atoms with Crippen LogP contribution in [-0.4, -0.2) is 9.79 Å². The molecule has 0 fully saturated rings. The molecule has 0 saturated heterocycles. The Bertz CT molecular complexity index is 589. The lowest BCUT2D eigenvalue weighted by atomic mass is 9.94. The fourth-order valence-electron chi connectivity index (χ4n) is 2.08. The molecule has 106 valence electrons. The lowest BCUT2D eigenvalue weighted by Gasteiger charge is -2.13. The highest BCUT2D eigenvalue weighted by Crippen LogP contribution is 2.37. The number of hydrogen-bond acceptors (Lipinski definition) is 2. The van der Waals surface area contributed by atoms with Gasteiger partial charge in [-0.1, -0.05) is 49.4 Å². The number of phosphoric acid groups is 1. The molecule has 0 radical (unpaired) electrons. The standard InChI is InChI=1S/C15H17O4P/c1-12(11-13-5-3-2-4-6-13)14-7-9-15(10-8-14)19-20(16,17)18/h2-10,12H,11H2,1H3,(H2,16,17,18). The maximum absolute atomic E-state index is 10.7. The van der Waals surface area contributed by atoms with E-state index in [-0.39, 0.29) is 5.75 Å². The van der Waals surface area contributed by atoms with Crippen LogP contribution in [0.1, 0.15) is 24.0 Å². The molecule has 1 atom stereocenters. The summed E-state index contributed by atoms with van der Waals surface area (Å²) in [5.41, 5.74) is 2.36. The number of benzene rings is 2. The van der Waals surface area contributed by atoms with Crippen molar-refractivity contribution in [2.45, 2.75) is 19.3 Å². The Balaban J connectivity index is 2.04. The van der Waals surface area contributed by atoms with Crippen molar-refractivity contribution in [3.8, 4) is 5.75 Å². The van der Waals surface area contributed by atoms with Gasteiger partial charge in [-0.3, -0.25) is 9.79 Å². The topological polar surface area (TPSA) is 66.8 Å². The normalized spacial score (nSPS) is 12.9. The summed E-state index contributed by atoms with van der Waals surface area (Å²) in [6.07, 6.45) is 0.916. The van der Waals surface area contributed by atoms with Gasteiger partial charge in [0.1, 0.15) is 5.75 Å². The zero-order valence-corrected chi connectivity index (χ0v) is 12.0. The first-order valence-electron chi connectivity index (χ1n) is 6.33. The highest BCUT2D eigenvalue weighted by Gasteiger charge is 2.16. The zero-order chi connectivity index (χ0) is 14.6. The predicted molar refractivity (Wildman–Crippen MR) is 77.7 cm³/mol. The largest absolute Gasteiger partial charge is 0.524 e. The lowest BCUT2D eigenvalue weighted by Crippen LogP contribution is -1.98. The molecular formula is C15H17O4P. The fraction of sp³-hybridized carbons (Fsp3) is 0.200. The van der Waals surface area contributed by atoms with Crippen molar-refractivity contribution in [1.29, 1.82) is 0 Å². The van der Waals surface area contributed by atoms with E-state index in [9.17, 15) is 4.57 Å². The number of rotatable bonds is 5. The molecule has 2 aromatic carbocycles. The van der Waals surface area contributed by atoms with E-state index in [4.69, 9.17) is 9.79 Å². The molecule has 2 N–H and O–H groups in total. The molecule has 5 heteroatoms. The zero-order valence-electron chi connectivity index (χ0n) is 11.1. The van der Waals surface area contributed by atoms with E-state index in [0.717, 1.165) is 12.0 Å². The summed E-state index contributed by atoms with van der Waals surface area (Å²) in [6.45, 7) is 2.12. The second-order valence-corrected chi connectivity index (χ2v) is 5.91. The first-order chi connectivity index (χ1) is 9.44. The maximum Gasteiger partial charge on any atom is 0.524 e. The Morgan fingerprint density at radius 3 is 2.20 bits per heavy atom. The van der Waals surface area contributed by atoms with Crippen LogP contribution >= 0.6 is 7.82 Å². The van der Waals surface area contributed by atoms with Crippen LogP contribution < -0.4 is 4.52 Å². The monoisotopic (exact) mass is 292 g/mol. The minimum atomic E-state index is -4.48. The predicted octanol–water partition coefficient (Wildman–Crippen LogP) is 3.50. The Labute approximate surface area is 118 Å². The average molecular weight is 292 g/mol. The quantitative estimate of drug-likeness (QED) is 0.828. The van der Waals surface area contributed by atoms with E-state index in [1.807, 2.05) is 30.3 Å². The smallest absolute Gasteiger partial charge is 0.404 e. The summed E-state index contributed by atoms with van der Waals surface area (Å²) in [5.74, 6) is 0.496. The second kappa shape index (κ2) is 6.23. The summed E-state index contributed by atoms with van der Waals surface area (Å²) in [4.78, 5) is 17.5. The molecule has 0 heterocycles. The van der Waals surface area contributed by atoms with Gasteiger partial charge in [-0.05, 0) is 35.6 Å². The van der Waals surface area contributed by atoms with Crippen LogP contribution in [0.2, 0.25) is 0 Å². The van der Waals surface area contributed by atoms with E-state index >= 15 is 0 Å². The summed E-state index contributed by atoms with van der Waals surface area (Å²) in [6, 6.07) is 17.0. The van der Waals surface area contributed by atoms with Gasteiger partial charge in [0.2, 0.25) is 0 Å². The molecule has 20 heavy (non-hydrogen) atoms. The van der Waals surface area contributed by atoms with Crippen molar-refractivity contribution in [1.82, 2.24) is 0 Å². The SMILES string of the molecule is CC(Cc1ccccc1)c1ccc(OP(=O)(O)O)cc1. The van der Waals surface area contributed by atoms with Crippen molar-refractivity contribution in [2.24, 2.45) is 0 Å². The van der Waals surface area contributed by atoms with Gasteiger partial charge in [0.25, 0.3) is 0 Å². The van der Waals surface area contributed by atoms with Crippen LogP contribution in [0.25, 0.3) is 0 Å². The van der Waals surface area contributed by atoms with Crippen LogP contribution in [0.15, 0.2) is 54.6 Å². The fourth-order valence-corrected chi connectivity index (χ4v) is 2.48. The van der Waals surface area contributed by atoms with E-state index in [1.54, 1.807) is 12.1 Å². The average Bonchev–Trinajstić information content (AvgIpc) is 2.39. The molecule has 0 aliphatic heterocycles. The van der Waals surface area contributed by atoms with Crippen molar-refractivity contribution in [3.05, 3.63) is 65.7 Å². The Hall–Kier alpha value is -1.61. The van der Waals surface area contributed by atoms with Gasteiger partial charge >= 0.3 is 7.82 Å². The van der Waals surface area contributed by atoms with E-state index in [0.29, 0.717) is 5.92 Å². The van der Waals surface area contributed by atoms with Crippen LogP contribution in [0.4, 0.5) is 0 Å². The van der Waals surface area contributed by atoms with E-state index in [2.05, 4.69) is 23.6 Å². The Morgan fingerprint density at radius 2 is 1.65 bits per heavy atom. The molecule has 2 aromatic rings. The lowest BCUT2D eigenvalue weighted by molar-refractivity contribution is 0.283. The van der Waals surface area contributed by atoms with Gasteiger partial charge in [-0.2, -0.15) is 0 Å². The molecule has 0 amide bonds. The third-order valence-corrected chi connectivity index (χ3v) is 3.51. The molecule has 1 unspecified atom stereocenters. The molecular weight excluding hydrogens is 275 g/mol. The summed E-state index contributed by atoms with van der Waals surface area (Å²) in [7, 11) is -4.48. The molecule has 2 rings (SSSR count). The van der Waals surface area contributed by atoms with Crippen molar-refractivity contribution in [2.75, 3.05) is 0 Å². The first kappa shape index (κ1) is 14.8. The second-order valence-electron chi connectivity index (χ2n) is 4.74.